The number of hydrogen-bond donors (Lipinski definition) is 1. The Labute approximate surface area is 110 Å². The van der Waals surface area contributed by atoms with E-state index in [1.54, 1.807) is 12.4 Å². The van der Waals surface area contributed by atoms with Crippen LogP contribution in [0.5, 0.6) is 0 Å². The highest BCUT2D eigenvalue weighted by atomic mass is 16.6. The number of methoxy groups -OCH3 is 2. The molecule has 0 spiro atoms. The molecule has 0 saturated heterocycles. The Kier molecular flexibility index (Phi) is 3.66. The van der Waals surface area contributed by atoms with Crippen molar-refractivity contribution in [2.75, 3.05) is 14.2 Å². The molecule has 2 aromatic rings. The van der Waals surface area contributed by atoms with Crippen molar-refractivity contribution in [3.05, 3.63) is 48.7 Å². The molecule has 0 atom stereocenters. The van der Waals surface area contributed by atoms with Crippen molar-refractivity contribution in [2.24, 2.45) is 0 Å². The molecular formula is C14H14NO4+. The van der Waals surface area contributed by atoms with E-state index < -0.39 is 11.9 Å². The standard InChI is InChI=1S/C14H13NO4/c1-18-13(16)12(14(17)19-2)15-8-7-10-5-3-4-6-11(10)9-15/h3-9H,1-2H3/p+1. The fraction of sp³-hybridized carbons (Fsp3) is 0.143. The highest BCUT2D eigenvalue weighted by molar-refractivity contribution is 6.06. The van der Waals surface area contributed by atoms with Crippen LogP contribution in [0.4, 0.5) is 0 Å². The number of aromatic nitrogens is 1. The largest absolute Gasteiger partial charge is 0.476 e. The number of aliphatic hydroxyl groups is 1. The summed E-state index contributed by atoms with van der Waals surface area (Å²) >= 11 is 0. The second kappa shape index (κ2) is 5.39. The van der Waals surface area contributed by atoms with Crippen molar-refractivity contribution in [3.8, 4) is 0 Å². The average molecular weight is 260 g/mol. The molecule has 2 rings (SSSR count). The monoisotopic (exact) mass is 260 g/mol. The Bertz CT molecular complexity index is 649. The van der Waals surface area contributed by atoms with Crippen LogP contribution in [0.1, 0.15) is 0 Å². The predicted octanol–water partition coefficient (Wildman–Crippen LogP) is 1.63. The molecule has 19 heavy (non-hydrogen) atoms. The summed E-state index contributed by atoms with van der Waals surface area (Å²) in [6, 6.07) is 9.52. The molecule has 5 nitrogen and oxygen atoms in total. The molecule has 1 aromatic carbocycles. The van der Waals surface area contributed by atoms with Crippen molar-refractivity contribution >= 4 is 22.4 Å². The Balaban J connectivity index is 2.60. The number of aliphatic hydroxyl groups excluding tert-OH is 1. The molecule has 0 aliphatic rings. The van der Waals surface area contributed by atoms with E-state index in [4.69, 9.17) is 4.74 Å². The zero-order valence-electron chi connectivity index (χ0n) is 10.7. The normalized spacial score (nSPS) is 11.9. The quantitative estimate of drug-likeness (QED) is 0.394. The molecule has 0 fully saturated rings. The second-order valence-corrected chi connectivity index (χ2v) is 3.83. The van der Waals surface area contributed by atoms with Crippen LogP contribution in [0.3, 0.4) is 0 Å². The topological polar surface area (TPSA) is 59.6 Å². The number of nitrogens with zero attached hydrogens (tertiary/aromatic N) is 1. The molecular weight excluding hydrogens is 246 g/mol. The lowest BCUT2D eigenvalue weighted by Gasteiger charge is -2.03. The number of fused-ring (bicyclic) bond motifs is 1. The van der Waals surface area contributed by atoms with Gasteiger partial charge in [-0.05, 0) is 11.5 Å². The van der Waals surface area contributed by atoms with Gasteiger partial charge in [-0.1, -0.05) is 18.2 Å². The van der Waals surface area contributed by atoms with Gasteiger partial charge >= 0.3 is 17.6 Å². The van der Waals surface area contributed by atoms with Gasteiger partial charge in [-0.15, -0.1) is 0 Å². The maximum Gasteiger partial charge on any atom is 0.411 e. The molecule has 1 N–H and O–H groups in total. The Hall–Kier alpha value is -2.56. The molecule has 0 saturated carbocycles. The molecule has 0 bridgehead atoms. The molecule has 1 heterocycles. The van der Waals surface area contributed by atoms with Gasteiger partial charge in [-0.3, -0.25) is 0 Å². The minimum atomic E-state index is -0.681. The van der Waals surface area contributed by atoms with E-state index in [-0.39, 0.29) is 5.70 Å². The van der Waals surface area contributed by atoms with Crippen LogP contribution >= 0.6 is 0 Å². The van der Waals surface area contributed by atoms with Gasteiger partial charge in [0.2, 0.25) is 0 Å². The number of hydrogen-bond acceptors (Lipinski definition) is 4. The fourth-order valence-electron chi connectivity index (χ4n) is 1.77. The summed E-state index contributed by atoms with van der Waals surface area (Å²) in [5, 5.41) is 11.6. The van der Waals surface area contributed by atoms with E-state index in [1.807, 2.05) is 30.3 Å². The number of esters is 1. The lowest BCUT2D eigenvalue weighted by molar-refractivity contribution is -0.579. The van der Waals surface area contributed by atoms with Gasteiger partial charge in [0, 0.05) is 11.5 Å². The molecule has 0 unspecified atom stereocenters. The number of benzene rings is 1. The molecule has 5 heteroatoms. The summed E-state index contributed by atoms with van der Waals surface area (Å²) in [7, 11) is 2.52. The third-order valence-corrected chi connectivity index (χ3v) is 2.72. The van der Waals surface area contributed by atoms with Gasteiger partial charge in [0.15, 0.2) is 12.4 Å². The summed E-state index contributed by atoms with van der Waals surface area (Å²) < 4.78 is 10.8. The summed E-state index contributed by atoms with van der Waals surface area (Å²) in [6.07, 6.45) is 3.38. The van der Waals surface area contributed by atoms with Crippen LogP contribution in [0.15, 0.2) is 48.7 Å². The third-order valence-electron chi connectivity index (χ3n) is 2.72. The van der Waals surface area contributed by atoms with Crippen LogP contribution < -0.4 is 4.57 Å². The van der Waals surface area contributed by atoms with E-state index in [2.05, 4.69) is 4.74 Å². The Morgan fingerprint density at radius 2 is 1.79 bits per heavy atom. The summed E-state index contributed by atoms with van der Waals surface area (Å²) in [5.74, 6) is -1.17. The van der Waals surface area contributed by atoms with Crippen molar-refractivity contribution < 1.29 is 23.9 Å². The Morgan fingerprint density at radius 3 is 2.42 bits per heavy atom. The molecule has 0 aliphatic heterocycles. The van der Waals surface area contributed by atoms with Crippen LogP contribution in [0, 0.1) is 0 Å². The van der Waals surface area contributed by atoms with Gasteiger partial charge in [-0.2, -0.15) is 4.57 Å². The van der Waals surface area contributed by atoms with Crippen LogP contribution in [0.2, 0.25) is 0 Å². The second-order valence-electron chi connectivity index (χ2n) is 3.83. The highest BCUT2D eigenvalue weighted by Gasteiger charge is 2.28. The number of pyridine rings is 1. The van der Waals surface area contributed by atoms with Crippen molar-refractivity contribution in [2.45, 2.75) is 0 Å². The number of carbonyl (C=O) groups is 1. The summed E-state index contributed by atoms with van der Waals surface area (Å²) in [4.78, 5) is 11.7. The minimum Gasteiger partial charge on any atom is -0.476 e. The third kappa shape index (κ3) is 2.49. The minimum absolute atomic E-state index is 0.0734. The van der Waals surface area contributed by atoms with Crippen molar-refractivity contribution in [3.63, 3.8) is 0 Å². The van der Waals surface area contributed by atoms with Gasteiger partial charge < -0.3 is 14.6 Å². The summed E-state index contributed by atoms with van der Waals surface area (Å²) in [5.41, 5.74) is -0.0734. The average Bonchev–Trinajstić information content (AvgIpc) is 2.46. The molecule has 0 aliphatic carbocycles. The maximum atomic E-state index is 11.7. The van der Waals surface area contributed by atoms with Crippen LogP contribution in [-0.4, -0.2) is 25.3 Å². The van der Waals surface area contributed by atoms with Crippen LogP contribution in [-0.2, 0) is 14.3 Å². The van der Waals surface area contributed by atoms with Gasteiger partial charge in [0.1, 0.15) is 0 Å². The van der Waals surface area contributed by atoms with Gasteiger partial charge in [0.25, 0.3) is 0 Å². The zero-order chi connectivity index (χ0) is 13.8. The van der Waals surface area contributed by atoms with E-state index in [9.17, 15) is 9.90 Å². The maximum absolute atomic E-state index is 11.7. The first-order valence-electron chi connectivity index (χ1n) is 5.63. The number of rotatable bonds is 3. The molecule has 0 amide bonds. The first-order chi connectivity index (χ1) is 9.17. The smallest absolute Gasteiger partial charge is 0.411 e. The Morgan fingerprint density at radius 1 is 1.11 bits per heavy atom. The van der Waals surface area contributed by atoms with Gasteiger partial charge in [-0.25, -0.2) is 4.79 Å². The summed E-state index contributed by atoms with van der Waals surface area (Å²) in [6.45, 7) is 0. The van der Waals surface area contributed by atoms with Crippen LogP contribution in [0.25, 0.3) is 16.5 Å². The number of carbonyl (C=O) groups excluding carboxylic acids is 1. The highest BCUT2D eigenvalue weighted by Crippen LogP contribution is 2.12. The molecule has 98 valence electrons. The van der Waals surface area contributed by atoms with E-state index in [1.165, 1.54) is 18.8 Å². The molecule has 0 radical (unpaired) electrons. The van der Waals surface area contributed by atoms with E-state index in [0.717, 1.165) is 10.8 Å². The van der Waals surface area contributed by atoms with Gasteiger partial charge in [0.05, 0.1) is 14.2 Å². The first kappa shape index (κ1) is 12.9. The lowest BCUT2D eigenvalue weighted by Crippen LogP contribution is -2.37. The zero-order valence-corrected chi connectivity index (χ0v) is 10.7. The number of ether oxygens (including phenoxy) is 2. The van der Waals surface area contributed by atoms with E-state index >= 15 is 0 Å². The lowest BCUT2D eigenvalue weighted by atomic mass is 10.2. The molecule has 1 aromatic heterocycles. The van der Waals surface area contributed by atoms with Crippen molar-refractivity contribution in [1.29, 1.82) is 0 Å². The predicted molar refractivity (Wildman–Crippen MR) is 69.0 cm³/mol. The SMILES string of the molecule is COC(=O)/C(=C(/O)OC)[n+]1ccc2ccccc2c1. The first-order valence-corrected chi connectivity index (χ1v) is 5.63. The van der Waals surface area contributed by atoms with Crippen molar-refractivity contribution in [1.82, 2.24) is 0 Å². The fourth-order valence-corrected chi connectivity index (χ4v) is 1.77. The van der Waals surface area contributed by atoms with E-state index in [0.29, 0.717) is 0 Å².